The normalized spacial score (nSPS) is 18.6. The number of carbonyl (C=O) groups is 4. The van der Waals surface area contributed by atoms with Gasteiger partial charge in [0, 0.05) is 0 Å². The van der Waals surface area contributed by atoms with Gasteiger partial charge >= 0.3 is 224 Å². The van der Waals surface area contributed by atoms with Crippen LogP contribution in [0.15, 0.2) is 30.3 Å². The summed E-state index contributed by atoms with van der Waals surface area (Å²) >= 11 is 0.692. The van der Waals surface area contributed by atoms with Crippen LogP contribution in [0.2, 0.25) is 0 Å². The van der Waals surface area contributed by atoms with E-state index >= 15 is 0 Å². The average molecular weight is 586 g/mol. The van der Waals surface area contributed by atoms with Crippen molar-refractivity contribution < 1.29 is 24.3 Å². The number of amides is 2. The first-order chi connectivity index (χ1) is 17.3. The van der Waals surface area contributed by atoms with Gasteiger partial charge in [0.05, 0.1) is 0 Å². The summed E-state index contributed by atoms with van der Waals surface area (Å²) < 4.78 is 2.65. The predicted molar refractivity (Wildman–Crippen MR) is 143 cm³/mol. The summed E-state index contributed by atoms with van der Waals surface area (Å²) in [7, 11) is 0. The Balaban J connectivity index is 2.14. The molecule has 1 aliphatic rings. The number of thioether (sulfide) groups is 1. The van der Waals surface area contributed by atoms with Gasteiger partial charge in [0.25, 0.3) is 0 Å². The van der Waals surface area contributed by atoms with Crippen molar-refractivity contribution in [1.29, 1.82) is 0 Å². The molecule has 0 spiro atoms. The molecule has 1 aliphatic heterocycles. The molecule has 5 atom stereocenters. The number of hydrogen-bond donors (Lipinski definition) is 5. The molecule has 0 aromatic heterocycles. The Morgan fingerprint density at radius 3 is 2.47 bits per heavy atom. The molecule has 0 bridgehead atoms. The third kappa shape index (κ3) is 9.86. The Hall–Kier alpha value is -1.91. The number of rotatable bonds is 16. The van der Waals surface area contributed by atoms with Crippen LogP contribution in [-0.2, 0) is 25.6 Å². The molecule has 0 unspecified atom stereocenters. The van der Waals surface area contributed by atoms with Crippen LogP contribution in [0.25, 0.3) is 0 Å². The van der Waals surface area contributed by atoms with E-state index in [4.69, 9.17) is 0 Å². The predicted octanol–water partition coefficient (Wildman–Crippen LogP) is 0.939. The zero-order chi connectivity index (χ0) is 26.5. The second kappa shape index (κ2) is 16.0. The number of carboxylic acids is 1. The second-order valence-electron chi connectivity index (χ2n) is 8.98. The first-order valence-corrected chi connectivity index (χ1v) is 15.4. The van der Waals surface area contributed by atoms with Gasteiger partial charge in [0.2, 0.25) is 0 Å². The number of aliphatic carboxylic acids is 1. The maximum absolute atomic E-state index is 13.4. The van der Waals surface area contributed by atoms with Gasteiger partial charge in [-0.15, -0.1) is 0 Å². The zero-order valence-electron chi connectivity index (χ0n) is 21.1. The zero-order valence-corrected chi connectivity index (χ0v) is 23.6. The topological polar surface area (TPSA) is 137 Å². The summed E-state index contributed by atoms with van der Waals surface area (Å²) in [5.41, 5.74) is 0.878. The Labute approximate surface area is 224 Å². The number of nitrogens with one attached hydrogen (secondary N) is 4. The fourth-order valence-corrected chi connectivity index (χ4v) is 5.91. The number of carbonyl (C=O) groups excluding carboxylic acids is 3. The van der Waals surface area contributed by atoms with Gasteiger partial charge in [0.15, 0.2) is 0 Å². The van der Waals surface area contributed by atoms with E-state index in [9.17, 15) is 24.3 Å². The third-order valence-electron chi connectivity index (χ3n) is 6.26. The van der Waals surface area contributed by atoms with Crippen molar-refractivity contribution in [3.63, 3.8) is 0 Å². The molecule has 200 valence electrons. The van der Waals surface area contributed by atoms with Gasteiger partial charge in [-0.2, -0.15) is 0 Å². The minimum absolute atomic E-state index is 0.130. The van der Waals surface area contributed by atoms with Crippen molar-refractivity contribution in [1.82, 2.24) is 20.3 Å². The molecule has 9 nitrogen and oxygen atoms in total. The first-order valence-electron chi connectivity index (χ1n) is 12.3. The molecule has 0 aliphatic carbocycles. The van der Waals surface area contributed by atoms with E-state index in [0.29, 0.717) is 18.6 Å². The number of benzene rings is 1. The van der Waals surface area contributed by atoms with Crippen LogP contribution in [-0.4, -0.2) is 85.5 Å². The summed E-state index contributed by atoms with van der Waals surface area (Å²) in [6, 6.07) is 6.62. The van der Waals surface area contributed by atoms with Crippen LogP contribution < -0.4 is 20.3 Å². The summed E-state index contributed by atoms with van der Waals surface area (Å²) in [5, 5.41) is 18.4. The minimum atomic E-state index is -0.998. The number of hydrogen-bond acceptors (Lipinski definition) is 7. The van der Waals surface area contributed by atoms with Crippen molar-refractivity contribution in [3.05, 3.63) is 35.9 Å². The second-order valence-corrected chi connectivity index (χ2v) is 11.7. The molecular weight excluding hydrogens is 547 g/mol. The number of carboxylic acid groups (broad SMARTS) is 1. The fraction of sp³-hybridized carbons (Fsp3) is 0.600. The molecule has 1 heterocycles. The Morgan fingerprint density at radius 1 is 1.17 bits per heavy atom. The quantitative estimate of drug-likeness (QED) is 0.181. The van der Waals surface area contributed by atoms with Crippen LogP contribution in [0.5, 0.6) is 0 Å². The van der Waals surface area contributed by atoms with Crippen LogP contribution in [0.1, 0.15) is 45.1 Å². The van der Waals surface area contributed by atoms with Crippen molar-refractivity contribution in [2.45, 2.75) is 70.1 Å². The van der Waals surface area contributed by atoms with E-state index in [0.717, 1.165) is 24.9 Å². The van der Waals surface area contributed by atoms with E-state index in [-0.39, 0.29) is 29.0 Å². The van der Waals surface area contributed by atoms with Gasteiger partial charge in [-0.25, -0.2) is 0 Å². The van der Waals surface area contributed by atoms with E-state index in [1.54, 1.807) is 11.8 Å². The molecule has 11 heteroatoms. The Morgan fingerprint density at radius 2 is 1.89 bits per heavy atom. The van der Waals surface area contributed by atoms with E-state index < -0.39 is 45.2 Å². The summed E-state index contributed by atoms with van der Waals surface area (Å²) in [4.78, 5) is 50.9. The first kappa shape index (κ1) is 30.3. The monoisotopic (exact) mass is 586 g/mol. The molecule has 5 N–H and O–H groups in total. The van der Waals surface area contributed by atoms with Crippen LogP contribution >= 0.6 is 11.8 Å². The Kier molecular flexibility index (Phi) is 13.5. The average Bonchev–Trinajstić information content (AvgIpc) is 3.41. The molecule has 1 aromatic rings. The summed E-state index contributed by atoms with van der Waals surface area (Å²) in [5.74, 6) is -1.08. The van der Waals surface area contributed by atoms with Gasteiger partial charge in [0.1, 0.15) is 0 Å². The molecule has 36 heavy (non-hydrogen) atoms. The molecule has 2 amide bonds. The summed E-state index contributed by atoms with van der Waals surface area (Å²) in [6.45, 7) is 4.62. The van der Waals surface area contributed by atoms with Gasteiger partial charge < -0.3 is 0 Å². The van der Waals surface area contributed by atoms with Crippen LogP contribution in [0.3, 0.4) is 0 Å². The molecule has 0 saturated carbocycles. The van der Waals surface area contributed by atoms with Crippen LogP contribution in [0.4, 0.5) is 0 Å². The third-order valence-corrected chi connectivity index (χ3v) is 8.77. The van der Waals surface area contributed by atoms with Gasteiger partial charge in [-0.1, -0.05) is 0 Å². The molecule has 1 aromatic carbocycles. The molecule has 1 fully saturated rings. The summed E-state index contributed by atoms with van der Waals surface area (Å²) in [6.07, 6.45) is 4.90. The van der Waals surface area contributed by atoms with Crippen molar-refractivity contribution in [2.75, 3.05) is 18.6 Å². The molecule has 0 radical (unpaired) electrons. The van der Waals surface area contributed by atoms with Crippen molar-refractivity contribution >= 4 is 49.4 Å². The van der Waals surface area contributed by atoms with E-state index in [2.05, 4.69) is 20.3 Å². The molecular formula is C25H38N4O5SSe. The van der Waals surface area contributed by atoms with Crippen molar-refractivity contribution in [3.8, 4) is 0 Å². The van der Waals surface area contributed by atoms with E-state index in [1.165, 1.54) is 0 Å². The maximum atomic E-state index is 13.4. The van der Waals surface area contributed by atoms with Crippen LogP contribution in [0, 0.1) is 5.92 Å². The molecule has 1 saturated heterocycles. The SMILES string of the molecule is CC[C@H](C)[C@H](NC(=O)[C@@H]1CCCN1)C(=O)N[C@@H](Cc1ccccc1)C(=O)[Se]N[C@@H](CCSC)C(=O)O. The van der Waals surface area contributed by atoms with Gasteiger partial charge in [-0.3, -0.25) is 0 Å². The fourth-order valence-electron chi connectivity index (χ4n) is 3.84. The van der Waals surface area contributed by atoms with Gasteiger partial charge in [-0.05, 0) is 0 Å². The van der Waals surface area contributed by atoms with Crippen molar-refractivity contribution in [2.24, 2.45) is 5.92 Å². The van der Waals surface area contributed by atoms with E-state index in [1.807, 2.05) is 50.4 Å². The standard InChI is InChI=1S/C25H38N4O5SSe/c1-4-16(2)21(28-22(30)18-11-8-13-26-18)23(31)27-20(15-17-9-6-5-7-10-17)25(34)36-29-19(24(32)33)12-14-35-3/h5-7,9-10,16,18-21,26,29H,4,8,11-15H2,1-3H3,(H,27,31)(H,28,30)(H,32,33)/t16-,18-,19-,20-,21-/m0/s1. The Bertz CT molecular complexity index is 869. The molecule has 2 rings (SSSR count).